The smallest absolute Gasteiger partial charge is 0.0572 e. The molecule has 0 aliphatic rings. The number of unbranched alkanes of at least 4 members (excludes halogenated alkanes) is 3. The van der Waals surface area contributed by atoms with Gasteiger partial charge in [-0.1, -0.05) is 49.2 Å². The summed E-state index contributed by atoms with van der Waals surface area (Å²) in [6.45, 7) is 1.77. The van der Waals surface area contributed by atoms with Crippen molar-refractivity contribution in [2.24, 2.45) is 9.98 Å². The molecule has 4 rings (SSSR count). The van der Waals surface area contributed by atoms with Crippen molar-refractivity contribution in [1.29, 1.82) is 0 Å². The predicted molar refractivity (Wildman–Crippen MR) is 120 cm³/mol. The molecule has 142 valence electrons. The molecule has 2 heterocycles. The van der Waals surface area contributed by atoms with E-state index in [4.69, 9.17) is 0 Å². The molecule has 0 radical (unpaired) electrons. The van der Waals surface area contributed by atoms with Crippen LogP contribution in [0.25, 0.3) is 21.8 Å². The summed E-state index contributed by atoms with van der Waals surface area (Å²) in [6.07, 6.45) is 8.55. The van der Waals surface area contributed by atoms with Gasteiger partial charge in [-0.3, -0.25) is 9.98 Å². The lowest BCUT2D eigenvalue weighted by Gasteiger charge is -1.97. The Bertz CT molecular complexity index is 930. The standard InChI is InChI=1S/C24H26N4/c1(7-13-25-17-21-15-19-9-3-5-11-23(19)27-21)2-8-14-26-18-22-16-20-10-4-6-12-24(20)28-22/h3-6,9-12,15-18,27-28H,1-2,7-8,13-14H2. The van der Waals surface area contributed by atoms with E-state index >= 15 is 0 Å². The van der Waals surface area contributed by atoms with Crippen LogP contribution in [-0.2, 0) is 0 Å². The summed E-state index contributed by atoms with van der Waals surface area (Å²) in [5.74, 6) is 0. The van der Waals surface area contributed by atoms with Gasteiger partial charge in [-0.25, -0.2) is 0 Å². The minimum absolute atomic E-state index is 0.883. The van der Waals surface area contributed by atoms with Gasteiger partial charge in [-0.05, 0) is 37.1 Å². The molecular formula is C24H26N4. The molecule has 0 amide bonds. The Morgan fingerprint density at radius 1 is 0.607 bits per heavy atom. The van der Waals surface area contributed by atoms with Gasteiger partial charge in [0.15, 0.2) is 0 Å². The van der Waals surface area contributed by atoms with E-state index in [1.54, 1.807) is 0 Å². The number of nitrogens with zero attached hydrogens (tertiary/aromatic N) is 2. The molecule has 0 saturated heterocycles. The Labute approximate surface area is 165 Å². The van der Waals surface area contributed by atoms with Gasteiger partial charge in [-0.15, -0.1) is 0 Å². The largest absolute Gasteiger partial charge is 0.354 e. The first-order chi connectivity index (χ1) is 13.9. The quantitative estimate of drug-likeness (QED) is 0.278. The number of rotatable bonds is 9. The van der Waals surface area contributed by atoms with Crippen molar-refractivity contribution in [2.75, 3.05) is 13.1 Å². The normalized spacial score (nSPS) is 12.1. The lowest BCUT2D eigenvalue weighted by molar-refractivity contribution is 0.655. The Balaban J connectivity index is 1.10. The van der Waals surface area contributed by atoms with Crippen LogP contribution in [0.15, 0.2) is 70.6 Å². The highest BCUT2D eigenvalue weighted by Gasteiger charge is 1.97. The first-order valence-corrected chi connectivity index (χ1v) is 10.0. The van der Waals surface area contributed by atoms with E-state index in [1.165, 1.54) is 23.6 Å². The average molecular weight is 371 g/mol. The lowest BCUT2D eigenvalue weighted by Crippen LogP contribution is -1.88. The first-order valence-electron chi connectivity index (χ1n) is 10.0. The molecule has 0 saturated carbocycles. The third-order valence-corrected chi connectivity index (χ3v) is 4.89. The first kappa shape index (κ1) is 18.2. The van der Waals surface area contributed by atoms with Gasteiger partial charge in [0.05, 0.1) is 11.4 Å². The molecule has 4 nitrogen and oxygen atoms in total. The van der Waals surface area contributed by atoms with Crippen LogP contribution in [0, 0.1) is 0 Å². The zero-order valence-electron chi connectivity index (χ0n) is 16.1. The number of nitrogens with one attached hydrogen (secondary N) is 2. The fraction of sp³-hybridized carbons (Fsp3) is 0.250. The van der Waals surface area contributed by atoms with E-state index in [9.17, 15) is 0 Å². The van der Waals surface area contributed by atoms with E-state index in [-0.39, 0.29) is 0 Å². The molecule has 0 bridgehead atoms. The van der Waals surface area contributed by atoms with Crippen molar-refractivity contribution in [3.8, 4) is 0 Å². The van der Waals surface area contributed by atoms with Crippen molar-refractivity contribution in [3.05, 3.63) is 72.1 Å². The molecule has 28 heavy (non-hydrogen) atoms. The second-order valence-electron chi connectivity index (χ2n) is 7.11. The van der Waals surface area contributed by atoms with Crippen LogP contribution in [0.3, 0.4) is 0 Å². The van der Waals surface area contributed by atoms with Crippen LogP contribution < -0.4 is 0 Å². The zero-order chi connectivity index (χ0) is 19.0. The van der Waals surface area contributed by atoms with Crippen molar-refractivity contribution in [2.45, 2.75) is 25.7 Å². The summed E-state index contributed by atoms with van der Waals surface area (Å²) in [5.41, 5.74) is 4.48. The molecule has 0 unspecified atom stereocenters. The number of aromatic nitrogens is 2. The highest BCUT2D eigenvalue weighted by molar-refractivity contribution is 5.90. The second kappa shape index (κ2) is 9.18. The molecule has 4 heteroatoms. The summed E-state index contributed by atoms with van der Waals surface area (Å²) in [7, 11) is 0. The minimum Gasteiger partial charge on any atom is -0.354 e. The molecule has 2 aromatic heterocycles. The number of aromatic amines is 2. The van der Waals surface area contributed by atoms with Crippen LogP contribution in [0.1, 0.15) is 37.1 Å². The maximum absolute atomic E-state index is 4.54. The summed E-state index contributed by atoms with van der Waals surface area (Å²) < 4.78 is 0. The number of benzene rings is 2. The Kier molecular flexibility index (Phi) is 5.98. The number of H-pyrrole nitrogens is 2. The van der Waals surface area contributed by atoms with Crippen molar-refractivity contribution >= 4 is 34.2 Å². The van der Waals surface area contributed by atoms with Gasteiger partial charge in [0.25, 0.3) is 0 Å². The number of hydrogen-bond acceptors (Lipinski definition) is 2. The zero-order valence-corrected chi connectivity index (χ0v) is 16.1. The molecule has 4 aromatic rings. The van der Waals surface area contributed by atoms with Crippen molar-refractivity contribution < 1.29 is 0 Å². The summed E-state index contributed by atoms with van der Waals surface area (Å²) in [4.78, 5) is 15.8. The van der Waals surface area contributed by atoms with Gasteiger partial charge in [0.2, 0.25) is 0 Å². The summed E-state index contributed by atoms with van der Waals surface area (Å²) in [5, 5.41) is 2.47. The topological polar surface area (TPSA) is 56.3 Å². The molecule has 0 aliphatic heterocycles. The average Bonchev–Trinajstić information content (AvgIpc) is 3.32. The van der Waals surface area contributed by atoms with E-state index in [2.05, 4.69) is 68.5 Å². The Morgan fingerprint density at radius 2 is 1.07 bits per heavy atom. The maximum Gasteiger partial charge on any atom is 0.0572 e. The highest BCUT2D eigenvalue weighted by atomic mass is 14.8. The van der Waals surface area contributed by atoms with Crippen LogP contribution >= 0.6 is 0 Å². The number of fused-ring (bicyclic) bond motifs is 2. The van der Waals surface area contributed by atoms with Crippen LogP contribution in [0.2, 0.25) is 0 Å². The highest BCUT2D eigenvalue weighted by Crippen LogP contribution is 2.14. The van der Waals surface area contributed by atoms with Crippen molar-refractivity contribution in [1.82, 2.24) is 9.97 Å². The fourth-order valence-electron chi connectivity index (χ4n) is 3.42. The van der Waals surface area contributed by atoms with Gasteiger partial charge in [0.1, 0.15) is 0 Å². The molecule has 0 atom stereocenters. The number of para-hydroxylation sites is 2. The Morgan fingerprint density at radius 3 is 1.54 bits per heavy atom. The monoisotopic (exact) mass is 370 g/mol. The maximum atomic E-state index is 4.54. The minimum atomic E-state index is 0.883. The van der Waals surface area contributed by atoms with E-state index in [0.717, 1.165) is 48.4 Å². The third-order valence-electron chi connectivity index (χ3n) is 4.89. The SMILES string of the molecule is C(=NCCCCCCN=Cc1cc2ccccc2[nH]1)c1cc2ccccc2[nH]1. The molecule has 2 aromatic carbocycles. The van der Waals surface area contributed by atoms with Crippen LogP contribution in [-0.4, -0.2) is 35.5 Å². The molecule has 0 aliphatic carbocycles. The Hall–Kier alpha value is -3.14. The third kappa shape index (κ3) is 4.77. The number of aliphatic imine (C=N–C) groups is 2. The molecule has 2 N–H and O–H groups in total. The summed E-state index contributed by atoms with van der Waals surface area (Å²) >= 11 is 0. The van der Waals surface area contributed by atoms with Crippen LogP contribution in [0.5, 0.6) is 0 Å². The van der Waals surface area contributed by atoms with Gasteiger partial charge in [-0.2, -0.15) is 0 Å². The second-order valence-corrected chi connectivity index (χ2v) is 7.11. The lowest BCUT2D eigenvalue weighted by atomic mass is 10.2. The molecule has 0 spiro atoms. The van der Waals surface area contributed by atoms with E-state index in [0.29, 0.717) is 0 Å². The van der Waals surface area contributed by atoms with Gasteiger partial charge in [0, 0.05) is 47.3 Å². The summed E-state index contributed by atoms with van der Waals surface area (Å²) in [6, 6.07) is 20.9. The van der Waals surface area contributed by atoms with E-state index < -0.39 is 0 Å². The van der Waals surface area contributed by atoms with Gasteiger partial charge < -0.3 is 9.97 Å². The van der Waals surface area contributed by atoms with E-state index in [1.807, 2.05) is 24.6 Å². The van der Waals surface area contributed by atoms with Crippen molar-refractivity contribution in [3.63, 3.8) is 0 Å². The van der Waals surface area contributed by atoms with Crippen LogP contribution in [0.4, 0.5) is 0 Å². The fourth-order valence-corrected chi connectivity index (χ4v) is 3.42. The molecule has 0 fully saturated rings. The van der Waals surface area contributed by atoms with Gasteiger partial charge >= 0.3 is 0 Å². The predicted octanol–water partition coefficient (Wildman–Crippen LogP) is 5.75. The number of hydrogen-bond donors (Lipinski definition) is 2. The molecular weight excluding hydrogens is 344 g/mol.